The lowest BCUT2D eigenvalue weighted by atomic mass is 10.1. The predicted octanol–water partition coefficient (Wildman–Crippen LogP) is 3.17. The molecule has 0 heterocycles. The number of nitrogen functional groups attached to an aromatic ring is 2. The van der Waals surface area contributed by atoms with Crippen LogP contribution in [0.4, 0.5) is 11.4 Å². The quantitative estimate of drug-likeness (QED) is 0.723. The van der Waals surface area contributed by atoms with E-state index in [-0.39, 0.29) is 0 Å². The summed E-state index contributed by atoms with van der Waals surface area (Å²) in [6, 6.07) is 13.1. The molecule has 0 fully saturated rings. The Morgan fingerprint density at radius 3 is 2.00 bits per heavy atom. The summed E-state index contributed by atoms with van der Waals surface area (Å²) in [7, 11) is 0. The molecule has 0 saturated heterocycles. The van der Waals surface area contributed by atoms with Crippen LogP contribution in [0.2, 0.25) is 5.02 Å². The number of rotatable bonds is 1. The van der Waals surface area contributed by atoms with Gasteiger partial charge in [-0.2, -0.15) is 0 Å². The van der Waals surface area contributed by atoms with E-state index in [1.54, 1.807) is 6.07 Å². The molecule has 0 saturated carbocycles. The fraction of sp³-hybridized carbons (Fsp3) is 0. The Morgan fingerprint density at radius 1 is 0.800 bits per heavy atom. The number of halogens is 1. The van der Waals surface area contributed by atoms with Gasteiger partial charge >= 0.3 is 0 Å². The van der Waals surface area contributed by atoms with Crippen LogP contribution < -0.4 is 11.5 Å². The van der Waals surface area contributed by atoms with Crippen molar-refractivity contribution in [2.75, 3.05) is 11.5 Å². The summed E-state index contributed by atoms with van der Waals surface area (Å²) in [6.45, 7) is 0. The molecule has 2 rings (SSSR count). The van der Waals surface area contributed by atoms with Crippen molar-refractivity contribution >= 4 is 23.0 Å². The average molecular weight is 219 g/mol. The second-order valence-corrected chi connectivity index (χ2v) is 3.77. The number of nitrogens with two attached hydrogens (primary N) is 2. The molecule has 2 aromatic rings. The van der Waals surface area contributed by atoms with Gasteiger partial charge in [-0.15, -0.1) is 0 Å². The maximum absolute atomic E-state index is 6.09. The summed E-state index contributed by atoms with van der Waals surface area (Å²) >= 11 is 6.09. The third-order valence-electron chi connectivity index (χ3n) is 2.21. The minimum atomic E-state index is 0.653. The predicted molar refractivity (Wildman–Crippen MR) is 65.7 cm³/mol. The Labute approximate surface area is 93.5 Å². The normalized spacial score (nSPS) is 10.2. The van der Waals surface area contributed by atoms with Crippen LogP contribution in [-0.4, -0.2) is 0 Å². The van der Waals surface area contributed by atoms with Gasteiger partial charge in [0.15, 0.2) is 0 Å². The zero-order chi connectivity index (χ0) is 10.8. The molecule has 0 aliphatic heterocycles. The minimum Gasteiger partial charge on any atom is -0.399 e. The standard InChI is InChI=1S/C12H11ClN2/c13-12-7-10(15)5-6-11(12)8-1-3-9(14)4-2-8/h1-7H,14-15H2. The van der Waals surface area contributed by atoms with Crippen LogP contribution in [0.25, 0.3) is 11.1 Å². The van der Waals surface area contributed by atoms with Crippen molar-refractivity contribution in [3.8, 4) is 11.1 Å². The van der Waals surface area contributed by atoms with Crippen molar-refractivity contribution in [1.82, 2.24) is 0 Å². The van der Waals surface area contributed by atoms with Gasteiger partial charge in [0, 0.05) is 16.9 Å². The Kier molecular flexibility index (Phi) is 2.52. The van der Waals surface area contributed by atoms with E-state index in [2.05, 4.69) is 0 Å². The Bertz CT molecular complexity index is 477. The minimum absolute atomic E-state index is 0.653. The van der Waals surface area contributed by atoms with Crippen LogP contribution in [0.15, 0.2) is 42.5 Å². The van der Waals surface area contributed by atoms with Crippen LogP contribution in [-0.2, 0) is 0 Å². The van der Waals surface area contributed by atoms with Crippen LogP contribution in [0.1, 0.15) is 0 Å². The van der Waals surface area contributed by atoms with Crippen LogP contribution in [0.3, 0.4) is 0 Å². The highest BCUT2D eigenvalue weighted by Crippen LogP contribution is 2.29. The monoisotopic (exact) mass is 218 g/mol. The zero-order valence-electron chi connectivity index (χ0n) is 8.07. The molecule has 0 aliphatic rings. The van der Waals surface area contributed by atoms with Crippen molar-refractivity contribution in [3.05, 3.63) is 47.5 Å². The molecule has 2 aromatic carbocycles. The lowest BCUT2D eigenvalue weighted by molar-refractivity contribution is 1.61. The molecule has 2 nitrogen and oxygen atoms in total. The fourth-order valence-electron chi connectivity index (χ4n) is 1.43. The molecule has 0 radical (unpaired) electrons. The van der Waals surface area contributed by atoms with Crippen molar-refractivity contribution < 1.29 is 0 Å². The number of hydrogen-bond acceptors (Lipinski definition) is 2. The first-order valence-electron chi connectivity index (χ1n) is 4.58. The van der Waals surface area contributed by atoms with Gasteiger partial charge < -0.3 is 11.5 Å². The molecule has 0 unspecified atom stereocenters. The van der Waals surface area contributed by atoms with E-state index in [0.717, 1.165) is 16.8 Å². The molecule has 0 bridgehead atoms. The van der Waals surface area contributed by atoms with Gasteiger partial charge in [-0.1, -0.05) is 29.8 Å². The third-order valence-corrected chi connectivity index (χ3v) is 2.53. The van der Waals surface area contributed by atoms with E-state index in [9.17, 15) is 0 Å². The summed E-state index contributed by atoms with van der Waals surface area (Å²) in [6.07, 6.45) is 0. The van der Waals surface area contributed by atoms with Gasteiger partial charge in [0.05, 0.1) is 5.02 Å². The van der Waals surface area contributed by atoms with E-state index in [4.69, 9.17) is 23.1 Å². The lowest BCUT2D eigenvalue weighted by Gasteiger charge is -2.05. The highest BCUT2D eigenvalue weighted by atomic mass is 35.5. The molecule has 0 atom stereocenters. The number of anilines is 2. The molecular weight excluding hydrogens is 208 g/mol. The van der Waals surface area contributed by atoms with E-state index in [0.29, 0.717) is 10.7 Å². The molecular formula is C12H11ClN2. The van der Waals surface area contributed by atoms with Gasteiger partial charge in [-0.05, 0) is 29.8 Å². The van der Waals surface area contributed by atoms with Crippen LogP contribution in [0.5, 0.6) is 0 Å². The fourth-order valence-corrected chi connectivity index (χ4v) is 1.73. The maximum Gasteiger partial charge on any atom is 0.0504 e. The Balaban J connectivity index is 2.49. The maximum atomic E-state index is 6.09. The summed E-state index contributed by atoms with van der Waals surface area (Å²) in [5.74, 6) is 0. The Morgan fingerprint density at radius 2 is 1.40 bits per heavy atom. The Hall–Kier alpha value is -1.67. The highest BCUT2D eigenvalue weighted by molar-refractivity contribution is 6.33. The number of hydrogen-bond donors (Lipinski definition) is 2. The summed E-state index contributed by atoms with van der Waals surface area (Å²) in [5.41, 5.74) is 14.6. The van der Waals surface area contributed by atoms with E-state index in [1.807, 2.05) is 36.4 Å². The zero-order valence-corrected chi connectivity index (χ0v) is 8.83. The van der Waals surface area contributed by atoms with Crippen molar-refractivity contribution in [3.63, 3.8) is 0 Å². The highest BCUT2D eigenvalue weighted by Gasteiger charge is 2.02. The smallest absolute Gasteiger partial charge is 0.0504 e. The second kappa shape index (κ2) is 3.83. The van der Waals surface area contributed by atoms with Crippen molar-refractivity contribution in [2.24, 2.45) is 0 Å². The molecule has 0 amide bonds. The summed E-state index contributed by atoms with van der Waals surface area (Å²) in [4.78, 5) is 0. The molecule has 15 heavy (non-hydrogen) atoms. The number of benzene rings is 2. The van der Waals surface area contributed by atoms with Crippen LogP contribution in [0, 0.1) is 0 Å². The van der Waals surface area contributed by atoms with Gasteiger partial charge in [-0.3, -0.25) is 0 Å². The second-order valence-electron chi connectivity index (χ2n) is 3.36. The SMILES string of the molecule is Nc1ccc(-c2ccc(N)cc2Cl)cc1. The van der Waals surface area contributed by atoms with Crippen molar-refractivity contribution in [1.29, 1.82) is 0 Å². The molecule has 3 heteroatoms. The van der Waals surface area contributed by atoms with E-state index in [1.165, 1.54) is 0 Å². The van der Waals surface area contributed by atoms with E-state index < -0.39 is 0 Å². The van der Waals surface area contributed by atoms with Gasteiger partial charge in [0.1, 0.15) is 0 Å². The third kappa shape index (κ3) is 2.05. The van der Waals surface area contributed by atoms with Crippen LogP contribution >= 0.6 is 11.6 Å². The lowest BCUT2D eigenvalue weighted by Crippen LogP contribution is -1.87. The largest absolute Gasteiger partial charge is 0.399 e. The van der Waals surface area contributed by atoms with Crippen molar-refractivity contribution in [2.45, 2.75) is 0 Å². The first-order chi connectivity index (χ1) is 7.16. The van der Waals surface area contributed by atoms with Gasteiger partial charge in [0.25, 0.3) is 0 Å². The first-order valence-corrected chi connectivity index (χ1v) is 4.95. The van der Waals surface area contributed by atoms with Gasteiger partial charge in [0.2, 0.25) is 0 Å². The van der Waals surface area contributed by atoms with E-state index >= 15 is 0 Å². The summed E-state index contributed by atoms with van der Waals surface area (Å²) in [5, 5.41) is 0.653. The summed E-state index contributed by atoms with van der Waals surface area (Å²) < 4.78 is 0. The molecule has 0 aromatic heterocycles. The topological polar surface area (TPSA) is 52.0 Å². The molecule has 0 aliphatic carbocycles. The first kappa shape index (κ1) is 9.87. The molecule has 76 valence electrons. The molecule has 0 spiro atoms. The average Bonchev–Trinajstić information content (AvgIpc) is 2.20. The van der Waals surface area contributed by atoms with Gasteiger partial charge in [-0.25, -0.2) is 0 Å². The molecule has 4 N–H and O–H groups in total.